The van der Waals surface area contributed by atoms with Crippen LogP contribution >= 0.6 is 0 Å². The van der Waals surface area contributed by atoms with E-state index in [0.29, 0.717) is 5.56 Å². The van der Waals surface area contributed by atoms with Crippen LogP contribution < -0.4 is 5.32 Å². The molecule has 1 aliphatic rings. The van der Waals surface area contributed by atoms with E-state index in [4.69, 9.17) is 0 Å². The van der Waals surface area contributed by atoms with Crippen LogP contribution in [0.1, 0.15) is 51.8 Å². The first-order chi connectivity index (χ1) is 14.7. The zero-order valence-electron chi connectivity index (χ0n) is 17.0. The summed E-state index contributed by atoms with van der Waals surface area (Å²) >= 11 is 0. The molecule has 0 spiro atoms. The number of aryl methyl sites for hydroxylation is 1. The van der Waals surface area contributed by atoms with E-state index < -0.39 is 0 Å². The highest BCUT2D eigenvalue weighted by molar-refractivity contribution is 6.06. The first-order valence-corrected chi connectivity index (χ1v) is 10.4. The smallest absolute Gasteiger partial charge is 0.252 e. The predicted molar refractivity (Wildman–Crippen MR) is 117 cm³/mol. The van der Waals surface area contributed by atoms with Crippen LogP contribution in [0.25, 0.3) is 10.9 Å². The molecule has 0 saturated carbocycles. The number of amides is 1. The molecule has 0 aliphatic heterocycles. The van der Waals surface area contributed by atoms with Crippen molar-refractivity contribution in [2.24, 2.45) is 0 Å². The van der Waals surface area contributed by atoms with Gasteiger partial charge in [0.15, 0.2) is 0 Å². The van der Waals surface area contributed by atoms with Crippen molar-refractivity contribution in [3.8, 4) is 0 Å². The summed E-state index contributed by atoms with van der Waals surface area (Å²) in [4.78, 5) is 17.8. The van der Waals surface area contributed by atoms with Gasteiger partial charge < -0.3 is 5.32 Å². The molecule has 2 aromatic heterocycles. The van der Waals surface area contributed by atoms with E-state index in [-0.39, 0.29) is 11.9 Å². The van der Waals surface area contributed by atoms with Crippen LogP contribution in [0, 0.1) is 6.92 Å². The van der Waals surface area contributed by atoms with Gasteiger partial charge in [0, 0.05) is 22.3 Å². The molecule has 0 bridgehead atoms. The second kappa shape index (κ2) is 7.75. The summed E-state index contributed by atoms with van der Waals surface area (Å²) in [6.07, 6.45) is 4.89. The Balaban J connectivity index is 1.42. The van der Waals surface area contributed by atoms with Gasteiger partial charge in [-0.3, -0.25) is 14.5 Å². The lowest BCUT2D eigenvalue weighted by atomic mass is 9.92. The Morgan fingerprint density at radius 3 is 2.80 bits per heavy atom. The maximum absolute atomic E-state index is 13.2. The van der Waals surface area contributed by atoms with Crippen LogP contribution in [0.3, 0.4) is 0 Å². The fourth-order valence-electron chi connectivity index (χ4n) is 4.39. The molecule has 0 fully saturated rings. The van der Waals surface area contributed by atoms with Crippen LogP contribution in [0.15, 0.2) is 66.9 Å². The topological polar surface area (TPSA) is 59.8 Å². The molecule has 30 heavy (non-hydrogen) atoms. The van der Waals surface area contributed by atoms with Gasteiger partial charge in [-0.1, -0.05) is 48.5 Å². The van der Waals surface area contributed by atoms with E-state index in [1.165, 1.54) is 11.3 Å². The Kier molecular flexibility index (Phi) is 4.79. The van der Waals surface area contributed by atoms with Crippen LogP contribution in [0.4, 0.5) is 0 Å². The summed E-state index contributed by atoms with van der Waals surface area (Å²) in [7, 11) is 0. The van der Waals surface area contributed by atoms with Crippen molar-refractivity contribution in [1.82, 2.24) is 20.1 Å². The van der Waals surface area contributed by atoms with E-state index in [1.807, 2.05) is 49.5 Å². The Morgan fingerprint density at radius 2 is 1.93 bits per heavy atom. The summed E-state index contributed by atoms with van der Waals surface area (Å²) in [6, 6.07) is 20.0. The lowest BCUT2D eigenvalue weighted by Gasteiger charge is -2.24. The van der Waals surface area contributed by atoms with Crippen LogP contribution in [0.5, 0.6) is 0 Å². The van der Waals surface area contributed by atoms with Crippen molar-refractivity contribution in [3.05, 3.63) is 94.9 Å². The molecule has 1 N–H and O–H groups in total. The number of aromatic nitrogens is 3. The first-order valence-electron chi connectivity index (χ1n) is 10.4. The number of hydrogen-bond donors (Lipinski definition) is 1. The summed E-state index contributed by atoms with van der Waals surface area (Å²) < 4.78 is 2.08. The SMILES string of the molecule is Cc1cc(C(=O)N[C@@H]2CCCc3c2cnn3Cc2ccccc2)c2ccccc2n1. The highest BCUT2D eigenvalue weighted by atomic mass is 16.1. The number of rotatable bonds is 4. The highest BCUT2D eigenvalue weighted by Gasteiger charge is 2.26. The number of nitrogens with zero attached hydrogens (tertiary/aromatic N) is 3. The molecule has 1 amide bonds. The molecule has 4 aromatic rings. The number of carbonyl (C=O) groups excluding carboxylic acids is 1. The molecule has 2 heterocycles. The van der Waals surface area contributed by atoms with Gasteiger partial charge in [-0.2, -0.15) is 5.10 Å². The number of hydrogen-bond acceptors (Lipinski definition) is 3. The molecule has 1 aliphatic carbocycles. The normalized spacial score (nSPS) is 15.7. The molecular formula is C25H24N4O. The fraction of sp³-hybridized carbons (Fsp3) is 0.240. The van der Waals surface area contributed by atoms with E-state index in [0.717, 1.165) is 48.0 Å². The number of benzene rings is 2. The van der Waals surface area contributed by atoms with Crippen molar-refractivity contribution in [1.29, 1.82) is 0 Å². The van der Waals surface area contributed by atoms with Gasteiger partial charge in [-0.05, 0) is 43.9 Å². The van der Waals surface area contributed by atoms with Crippen molar-refractivity contribution in [2.45, 2.75) is 38.8 Å². The predicted octanol–water partition coefficient (Wildman–Crippen LogP) is 4.60. The van der Waals surface area contributed by atoms with Gasteiger partial charge in [0.1, 0.15) is 0 Å². The number of fused-ring (bicyclic) bond motifs is 2. The third-order valence-electron chi connectivity index (χ3n) is 5.83. The first kappa shape index (κ1) is 18.6. The maximum atomic E-state index is 13.2. The van der Waals surface area contributed by atoms with Crippen molar-refractivity contribution < 1.29 is 4.79 Å². The average Bonchev–Trinajstić information content (AvgIpc) is 3.17. The minimum Gasteiger partial charge on any atom is -0.345 e. The molecule has 0 saturated heterocycles. The monoisotopic (exact) mass is 396 g/mol. The van der Waals surface area contributed by atoms with Gasteiger partial charge in [0.05, 0.1) is 29.9 Å². The zero-order valence-corrected chi connectivity index (χ0v) is 17.0. The van der Waals surface area contributed by atoms with Gasteiger partial charge >= 0.3 is 0 Å². The highest BCUT2D eigenvalue weighted by Crippen LogP contribution is 2.30. The summed E-state index contributed by atoms with van der Waals surface area (Å²) in [5.41, 5.74) is 5.98. The Morgan fingerprint density at radius 1 is 1.13 bits per heavy atom. The summed E-state index contributed by atoms with van der Waals surface area (Å²) in [5.74, 6) is -0.0506. The van der Waals surface area contributed by atoms with Gasteiger partial charge in [0.2, 0.25) is 0 Å². The molecule has 150 valence electrons. The molecule has 5 heteroatoms. The largest absolute Gasteiger partial charge is 0.345 e. The third-order valence-corrected chi connectivity index (χ3v) is 5.83. The molecule has 0 unspecified atom stereocenters. The zero-order chi connectivity index (χ0) is 20.5. The molecule has 2 aromatic carbocycles. The second-order valence-corrected chi connectivity index (χ2v) is 7.94. The van der Waals surface area contributed by atoms with Crippen LogP contribution in [0.2, 0.25) is 0 Å². The molecule has 5 nitrogen and oxygen atoms in total. The number of pyridine rings is 1. The molecular weight excluding hydrogens is 372 g/mol. The van der Waals surface area contributed by atoms with Crippen LogP contribution in [-0.2, 0) is 13.0 Å². The fourth-order valence-corrected chi connectivity index (χ4v) is 4.39. The summed E-state index contributed by atoms with van der Waals surface area (Å²) in [5, 5.41) is 8.80. The van der Waals surface area contributed by atoms with E-state index in [9.17, 15) is 4.79 Å². The van der Waals surface area contributed by atoms with Gasteiger partial charge in [0.25, 0.3) is 5.91 Å². The third kappa shape index (κ3) is 3.47. The van der Waals surface area contributed by atoms with Crippen molar-refractivity contribution in [2.75, 3.05) is 0 Å². The van der Waals surface area contributed by atoms with Gasteiger partial charge in [-0.25, -0.2) is 0 Å². The van der Waals surface area contributed by atoms with E-state index >= 15 is 0 Å². The minimum absolute atomic E-state index is 0.0157. The van der Waals surface area contributed by atoms with Crippen molar-refractivity contribution in [3.63, 3.8) is 0 Å². The Bertz CT molecular complexity index is 1210. The quantitative estimate of drug-likeness (QED) is 0.549. The van der Waals surface area contributed by atoms with E-state index in [1.54, 1.807) is 0 Å². The Hall–Kier alpha value is -3.47. The lowest BCUT2D eigenvalue weighted by Crippen LogP contribution is -2.31. The second-order valence-electron chi connectivity index (χ2n) is 7.94. The average molecular weight is 396 g/mol. The van der Waals surface area contributed by atoms with Crippen molar-refractivity contribution >= 4 is 16.8 Å². The number of nitrogens with one attached hydrogen (secondary N) is 1. The van der Waals surface area contributed by atoms with Crippen LogP contribution in [-0.4, -0.2) is 20.7 Å². The Labute approximate surface area is 175 Å². The number of para-hydroxylation sites is 1. The molecule has 0 radical (unpaired) electrons. The van der Waals surface area contributed by atoms with Gasteiger partial charge in [-0.15, -0.1) is 0 Å². The lowest BCUT2D eigenvalue weighted by molar-refractivity contribution is 0.0934. The minimum atomic E-state index is -0.0506. The molecule has 5 rings (SSSR count). The van der Waals surface area contributed by atoms with E-state index in [2.05, 4.69) is 44.3 Å². The number of carbonyl (C=O) groups is 1. The standard InChI is InChI=1S/C25H24N4O/c1-17-14-20(19-10-5-6-11-22(19)27-17)25(30)28-23-12-7-13-24-21(23)15-26-29(24)16-18-8-3-2-4-9-18/h2-6,8-11,14-15,23H,7,12-13,16H2,1H3,(H,28,30)/t23-/m1/s1. The summed E-state index contributed by atoms with van der Waals surface area (Å²) in [6.45, 7) is 2.68. The molecule has 1 atom stereocenters. The maximum Gasteiger partial charge on any atom is 0.252 e.